The van der Waals surface area contributed by atoms with Crippen LogP contribution >= 0.6 is 0 Å². The molecule has 0 radical (unpaired) electrons. The fraction of sp³-hybridized carbons (Fsp3) is 0.259. The average molecular weight is 442 g/mol. The second-order valence-corrected chi connectivity index (χ2v) is 8.44. The highest BCUT2D eigenvalue weighted by molar-refractivity contribution is 6.01. The number of Topliss-reactive ketones (excluding diaryl/α,β-unsaturated/α-hetero) is 1. The maximum atomic E-state index is 13.1. The second kappa shape index (κ2) is 9.36. The molecule has 2 N–H and O–H groups in total. The van der Waals surface area contributed by atoms with E-state index in [4.69, 9.17) is 4.42 Å². The zero-order valence-corrected chi connectivity index (χ0v) is 18.4. The van der Waals surface area contributed by atoms with Gasteiger partial charge in [-0.15, -0.1) is 0 Å². The van der Waals surface area contributed by atoms with Crippen molar-refractivity contribution in [3.05, 3.63) is 95.6 Å². The van der Waals surface area contributed by atoms with Crippen molar-refractivity contribution in [1.29, 1.82) is 0 Å². The molecule has 2 aliphatic rings. The topological polar surface area (TPSA) is 74.6 Å². The maximum Gasteiger partial charge on any atom is 0.239 e. The zero-order valence-electron chi connectivity index (χ0n) is 18.4. The number of furan rings is 1. The van der Waals surface area contributed by atoms with Crippen LogP contribution in [0.3, 0.4) is 0 Å². The van der Waals surface area contributed by atoms with Gasteiger partial charge in [0.2, 0.25) is 5.91 Å². The first-order valence-electron chi connectivity index (χ1n) is 11.4. The molecule has 2 aromatic carbocycles. The number of ketones is 1. The van der Waals surface area contributed by atoms with Gasteiger partial charge in [-0.2, -0.15) is 0 Å². The van der Waals surface area contributed by atoms with Crippen LogP contribution in [-0.2, 0) is 16.0 Å². The molecule has 0 unspecified atom stereocenters. The Morgan fingerprint density at radius 3 is 2.67 bits per heavy atom. The lowest BCUT2D eigenvalue weighted by Gasteiger charge is -2.33. The molecular weight excluding hydrogens is 414 g/mol. The summed E-state index contributed by atoms with van der Waals surface area (Å²) in [5.41, 5.74) is 4.57. The molecule has 0 fully saturated rings. The van der Waals surface area contributed by atoms with Crippen LogP contribution in [0.2, 0.25) is 0 Å². The Labute approximate surface area is 193 Å². The molecule has 0 bridgehead atoms. The lowest BCUT2D eigenvalue weighted by atomic mass is 9.88. The number of fused-ring (bicyclic) bond motifs is 1. The van der Waals surface area contributed by atoms with Crippen LogP contribution in [0.4, 0.5) is 11.4 Å². The normalized spacial score (nSPS) is 17.6. The van der Waals surface area contributed by atoms with Crippen LogP contribution in [0.15, 0.2) is 88.7 Å². The summed E-state index contributed by atoms with van der Waals surface area (Å²) in [7, 11) is 0. The number of hydrogen-bond acceptors (Lipinski definition) is 5. The summed E-state index contributed by atoms with van der Waals surface area (Å²) in [5, 5.41) is 6.54. The predicted molar refractivity (Wildman–Crippen MR) is 128 cm³/mol. The maximum absolute atomic E-state index is 13.1. The molecule has 168 valence electrons. The third-order valence-electron chi connectivity index (χ3n) is 6.25. The van der Waals surface area contributed by atoms with E-state index in [1.54, 1.807) is 6.26 Å². The quantitative estimate of drug-likeness (QED) is 0.584. The summed E-state index contributed by atoms with van der Waals surface area (Å²) in [6.07, 6.45) is 4.50. The van der Waals surface area contributed by atoms with Gasteiger partial charge in [0.1, 0.15) is 11.8 Å². The molecule has 33 heavy (non-hydrogen) atoms. The van der Waals surface area contributed by atoms with Crippen LogP contribution in [0.5, 0.6) is 0 Å². The molecule has 6 nitrogen and oxygen atoms in total. The van der Waals surface area contributed by atoms with E-state index in [0.717, 1.165) is 36.3 Å². The number of nitrogens with one attached hydrogen (secondary N) is 2. The standard InChI is InChI=1S/C27H27N3O3/c31-23-13-6-11-21-26(23)27(24-14-7-17-33-24)30(22-12-5-4-10-20(22)29-21)18-25(32)28-16-15-19-8-2-1-3-9-19/h1-5,7-10,12,14,17,27,29H,6,11,13,15-16,18H2,(H,28,32)/t27-/m1/s1. The number of para-hydroxylation sites is 2. The summed E-state index contributed by atoms with van der Waals surface area (Å²) in [6, 6.07) is 21.2. The first-order chi connectivity index (χ1) is 16.2. The molecular formula is C27H27N3O3. The van der Waals surface area contributed by atoms with Crippen molar-refractivity contribution >= 4 is 23.1 Å². The van der Waals surface area contributed by atoms with Gasteiger partial charge >= 0.3 is 0 Å². The highest BCUT2D eigenvalue weighted by Crippen LogP contribution is 2.44. The van der Waals surface area contributed by atoms with Crippen molar-refractivity contribution in [2.75, 3.05) is 23.3 Å². The van der Waals surface area contributed by atoms with Crippen LogP contribution in [0.1, 0.15) is 36.6 Å². The Morgan fingerprint density at radius 1 is 1.03 bits per heavy atom. The summed E-state index contributed by atoms with van der Waals surface area (Å²) in [6.45, 7) is 0.664. The number of amides is 1. The van der Waals surface area contributed by atoms with Crippen molar-refractivity contribution in [1.82, 2.24) is 5.32 Å². The van der Waals surface area contributed by atoms with Crippen molar-refractivity contribution in [3.63, 3.8) is 0 Å². The first kappa shape index (κ1) is 21.1. The Hall–Kier alpha value is -3.80. The second-order valence-electron chi connectivity index (χ2n) is 8.44. The predicted octanol–water partition coefficient (Wildman–Crippen LogP) is 4.62. The van der Waals surface area contributed by atoms with Gasteiger partial charge in [0.05, 0.1) is 24.2 Å². The van der Waals surface area contributed by atoms with Crippen molar-refractivity contribution < 1.29 is 14.0 Å². The molecule has 3 aromatic rings. The molecule has 1 aromatic heterocycles. The molecule has 0 spiro atoms. The van der Waals surface area contributed by atoms with Crippen LogP contribution in [0, 0.1) is 0 Å². The van der Waals surface area contributed by atoms with Gasteiger partial charge in [0.25, 0.3) is 0 Å². The molecule has 1 aliphatic carbocycles. The molecule has 2 heterocycles. The summed E-state index contributed by atoms with van der Waals surface area (Å²) in [4.78, 5) is 28.2. The van der Waals surface area contributed by atoms with Gasteiger partial charge in [0, 0.05) is 24.2 Å². The Kier molecular flexibility index (Phi) is 5.98. The van der Waals surface area contributed by atoms with Crippen LogP contribution < -0.4 is 15.5 Å². The molecule has 5 rings (SSSR count). The fourth-order valence-corrected chi connectivity index (χ4v) is 4.72. The highest BCUT2D eigenvalue weighted by Gasteiger charge is 2.38. The number of hydrogen-bond donors (Lipinski definition) is 2. The van der Waals surface area contributed by atoms with E-state index < -0.39 is 6.04 Å². The van der Waals surface area contributed by atoms with Crippen LogP contribution in [0.25, 0.3) is 0 Å². The van der Waals surface area contributed by atoms with E-state index in [0.29, 0.717) is 24.3 Å². The van der Waals surface area contributed by atoms with E-state index in [9.17, 15) is 9.59 Å². The monoisotopic (exact) mass is 441 g/mol. The fourth-order valence-electron chi connectivity index (χ4n) is 4.72. The number of carbonyl (C=O) groups is 2. The Bertz CT molecular complexity index is 1170. The summed E-state index contributed by atoms with van der Waals surface area (Å²) < 4.78 is 5.80. The van der Waals surface area contributed by atoms with Gasteiger partial charge in [-0.25, -0.2) is 0 Å². The van der Waals surface area contributed by atoms with Gasteiger partial charge in [-0.1, -0.05) is 42.5 Å². The Balaban J connectivity index is 1.45. The van der Waals surface area contributed by atoms with E-state index in [1.165, 1.54) is 5.56 Å². The highest BCUT2D eigenvalue weighted by atomic mass is 16.3. The number of benzene rings is 2. The van der Waals surface area contributed by atoms with Crippen molar-refractivity contribution in [3.8, 4) is 0 Å². The van der Waals surface area contributed by atoms with E-state index in [1.807, 2.05) is 59.5 Å². The van der Waals surface area contributed by atoms with E-state index >= 15 is 0 Å². The van der Waals surface area contributed by atoms with Gasteiger partial charge < -0.3 is 20.0 Å². The lowest BCUT2D eigenvalue weighted by molar-refractivity contribution is -0.120. The lowest BCUT2D eigenvalue weighted by Crippen LogP contribution is -2.41. The van der Waals surface area contributed by atoms with Gasteiger partial charge in [-0.05, 0) is 49.1 Å². The third kappa shape index (κ3) is 4.42. The van der Waals surface area contributed by atoms with E-state index in [-0.39, 0.29) is 18.2 Å². The summed E-state index contributed by atoms with van der Waals surface area (Å²) in [5.74, 6) is 0.672. The number of carbonyl (C=O) groups excluding carboxylic acids is 2. The SMILES string of the molecule is O=C(CN1c2ccccc2NC2=C(C(=O)CCC2)[C@H]1c1ccco1)NCCc1ccccc1. The average Bonchev–Trinajstić information content (AvgIpc) is 3.31. The number of rotatable bonds is 6. The zero-order chi connectivity index (χ0) is 22.6. The minimum atomic E-state index is -0.459. The van der Waals surface area contributed by atoms with Crippen molar-refractivity contribution in [2.45, 2.75) is 31.7 Å². The van der Waals surface area contributed by atoms with Gasteiger partial charge in [0.15, 0.2) is 5.78 Å². The Morgan fingerprint density at radius 2 is 1.85 bits per heavy atom. The largest absolute Gasteiger partial charge is 0.467 e. The minimum Gasteiger partial charge on any atom is -0.467 e. The molecule has 1 aliphatic heterocycles. The number of anilines is 2. The molecule has 1 atom stereocenters. The van der Waals surface area contributed by atoms with Crippen LogP contribution in [-0.4, -0.2) is 24.8 Å². The van der Waals surface area contributed by atoms with Gasteiger partial charge in [-0.3, -0.25) is 9.59 Å². The van der Waals surface area contributed by atoms with E-state index in [2.05, 4.69) is 22.8 Å². The molecule has 0 saturated carbocycles. The molecule has 1 amide bonds. The van der Waals surface area contributed by atoms with Crippen molar-refractivity contribution in [2.24, 2.45) is 0 Å². The molecule has 0 saturated heterocycles. The number of allylic oxidation sites excluding steroid dienone is 1. The minimum absolute atomic E-state index is 0.0930. The third-order valence-corrected chi connectivity index (χ3v) is 6.25. The smallest absolute Gasteiger partial charge is 0.239 e. The number of nitrogens with zero attached hydrogens (tertiary/aromatic N) is 1. The summed E-state index contributed by atoms with van der Waals surface area (Å²) >= 11 is 0. The first-order valence-corrected chi connectivity index (χ1v) is 11.4. The molecule has 6 heteroatoms.